The van der Waals surface area contributed by atoms with E-state index in [1.54, 1.807) is 4.90 Å². The van der Waals surface area contributed by atoms with Gasteiger partial charge in [-0.2, -0.15) is 0 Å². The molecule has 0 aliphatic carbocycles. The standard InChI is InChI=1S/C27H39Cl2N3O2/c1-6-7-14-31(26(34)27(4,5)20-28)19-25(33)32(16-21(2)3)18-23-12-10-15-30(23)17-22-11-8-9-13-24(22)29/h8-13,15,21H,6-7,14,16-20H2,1-5H3. The van der Waals surface area contributed by atoms with Gasteiger partial charge in [-0.15, -0.1) is 11.6 Å². The molecule has 0 bridgehead atoms. The molecule has 0 spiro atoms. The van der Waals surface area contributed by atoms with Crippen molar-refractivity contribution in [2.24, 2.45) is 11.3 Å². The van der Waals surface area contributed by atoms with E-state index in [1.807, 2.05) is 61.3 Å². The van der Waals surface area contributed by atoms with Gasteiger partial charge < -0.3 is 14.4 Å². The molecule has 7 heteroatoms. The van der Waals surface area contributed by atoms with Crippen LogP contribution in [0.3, 0.4) is 0 Å². The van der Waals surface area contributed by atoms with Crippen LogP contribution < -0.4 is 0 Å². The number of hydrogen-bond donors (Lipinski definition) is 0. The minimum atomic E-state index is -0.706. The molecule has 5 nitrogen and oxygen atoms in total. The molecule has 34 heavy (non-hydrogen) atoms. The summed E-state index contributed by atoms with van der Waals surface area (Å²) in [7, 11) is 0. The zero-order valence-corrected chi connectivity index (χ0v) is 22.7. The number of aromatic nitrogens is 1. The van der Waals surface area contributed by atoms with Crippen molar-refractivity contribution in [1.29, 1.82) is 0 Å². The lowest BCUT2D eigenvalue weighted by molar-refractivity contribution is -0.146. The third-order valence-electron chi connectivity index (χ3n) is 5.82. The fourth-order valence-corrected chi connectivity index (χ4v) is 4.11. The van der Waals surface area contributed by atoms with Crippen molar-refractivity contribution in [3.63, 3.8) is 0 Å². The molecule has 0 atom stereocenters. The van der Waals surface area contributed by atoms with Crippen LogP contribution in [0.15, 0.2) is 42.6 Å². The number of carbonyl (C=O) groups excluding carboxylic acids is 2. The Bertz CT molecular complexity index is 939. The summed E-state index contributed by atoms with van der Waals surface area (Å²) in [5.41, 5.74) is 1.35. The summed E-state index contributed by atoms with van der Waals surface area (Å²) in [6.07, 6.45) is 3.81. The van der Waals surface area contributed by atoms with Gasteiger partial charge in [0.15, 0.2) is 0 Å². The average Bonchev–Trinajstić information content (AvgIpc) is 3.23. The summed E-state index contributed by atoms with van der Waals surface area (Å²) in [4.78, 5) is 30.2. The number of alkyl halides is 1. The molecule has 0 saturated carbocycles. The molecular formula is C27H39Cl2N3O2. The van der Waals surface area contributed by atoms with E-state index in [0.29, 0.717) is 32.1 Å². The van der Waals surface area contributed by atoms with E-state index in [0.717, 1.165) is 29.1 Å². The second-order valence-corrected chi connectivity index (χ2v) is 10.7. The van der Waals surface area contributed by atoms with E-state index in [9.17, 15) is 9.59 Å². The Hall–Kier alpha value is -1.98. The molecule has 0 saturated heterocycles. The predicted octanol–water partition coefficient (Wildman–Crippen LogP) is 6.07. The SMILES string of the molecule is CCCCN(CC(=O)N(Cc1cccn1Cc1ccccc1Cl)CC(C)C)C(=O)C(C)(C)CCl. The average molecular weight is 509 g/mol. The molecule has 0 radical (unpaired) electrons. The fraction of sp³-hybridized carbons (Fsp3) is 0.556. The fourth-order valence-electron chi connectivity index (χ4n) is 3.80. The molecule has 0 unspecified atom stereocenters. The van der Waals surface area contributed by atoms with Crippen LogP contribution in [0.2, 0.25) is 5.02 Å². The van der Waals surface area contributed by atoms with Gasteiger partial charge in [-0.1, -0.05) is 57.0 Å². The van der Waals surface area contributed by atoms with Gasteiger partial charge >= 0.3 is 0 Å². The van der Waals surface area contributed by atoms with Gasteiger partial charge in [0.2, 0.25) is 11.8 Å². The van der Waals surface area contributed by atoms with Crippen molar-refractivity contribution in [2.45, 2.75) is 60.5 Å². The highest BCUT2D eigenvalue weighted by Crippen LogP contribution is 2.22. The van der Waals surface area contributed by atoms with Gasteiger partial charge in [0.05, 0.1) is 18.5 Å². The second-order valence-electron chi connectivity index (χ2n) is 9.98. The molecule has 0 fully saturated rings. The number of amides is 2. The van der Waals surface area contributed by atoms with Crippen LogP contribution in [-0.4, -0.2) is 51.7 Å². The van der Waals surface area contributed by atoms with Crippen LogP contribution in [-0.2, 0) is 22.7 Å². The first-order chi connectivity index (χ1) is 16.1. The summed E-state index contributed by atoms with van der Waals surface area (Å²) in [6, 6.07) is 11.8. The first kappa shape index (κ1) is 28.3. The Morgan fingerprint density at radius 2 is 1.79 bits per heavy atom. The third-order valence-corrected chi connectivity index (χ3v) is 6.86. The van der Waals surface area contributed by atoms with Crippen molar-refractivity contribution in [3.8, 4) is 0 Å². The Balaban J connectivity index is 2.22. The summed E-state index contributed by atoms with van der Waals surface area (Å²) in [6.45, 7) is 12.3. The third kappa shape index (κ3) is 8.06. The maximum absolute atomic E-state index is 13.5. The lowest BCUT2D eigenvalue weighted by atomic mass is 9.94. The summed E-state index contributed by atoms with van der Waals surface area (Å²) in [5.74, 6) is 0.397. The topological polar surface area (TPSA) is 45.6 Å². The molecule has 2 rings (SSSR count). The van der Waals surface area contributed by atoms with Crippen molar-refractivity contribution in [3.05, 3.63) is 58.9 Å². The highest BCUT2D eigenvalue weighted by Gasteiger charge is 2.33. The van der Waals surface area contributed by atoms with E-state index in [4.69, 9.17) is 23.2 Å². The minimum absolute atomic E-state index is 0.0472. The van der Waals surface area contributed by atoms with Crippen molar-refractivity contribution in [1.82, 2.24) is 14.4 Å². The van der Waals surface area contributed by atoms with Crippen LogP contribution in [0.1, 0.15) is 58.7 Å². The Labute approximate surface area is 215 Å². The largest absolute Gasteiger partial charge is 0.345 e. The molecule has 0 aliphatic rings. The van der Waals surface area contributed by atoms with E-state index in [1.165, 1.54) is 0 Å². The number of rotatable bonds is 13. The van der Waals surface area contributed by atoms with Gasteiger partial charge in [0.25, 0.3) is 0 Å². The normalized spacial score (nSPS) is 11.6. The van der Waals surface area contributed by atoms with Crippen molar-refractivity contribution >= 4 is 35.0 Å². The number of halogens is 2. The molecule has 0 N–H and O–H groups in total. The zero-order valence-electron chi connectivity index (χ0n) is 21.2. The highest BCUT2D eigenvalue weighted by molar-refractivity contribution is 6.31. The zero-order chi connectivity index (χ0) is 25.3. The van der Waals surface area contributed by atoms with Crippen molar-refractivity contribution in [2.75, 3.05) is 25.5 Å². The van der Waals surface area contributed by atoms with Gasteiger partial charge in [0.1, 0.15) is 0 Å². The summed E-state index contributed by atoms with van der Waals surface area (Å²) >= 11 is 12.4. The predicted molar refractivity (Wildman–Crippen MR) is 141 cm³/mol. The van der Waals surface area contributed by atoms with Gasteiger partial charge in [-0.05, 0) is 49.9 Å². The first-order valence-corrected chi connectivity index (χ1v) is 13.0. The highest BCUT2D eigenvalue weighted by atomic mass is 35.5. The molecule has 0 aliphatic heterocycles. The second kappa shape index (κ2) is 13.2. The molecular weight excluding hydrogens is 469 g/mol. The Kier molecular flexibility index (Phi) is 11.0. The molecule has 1 heterocycles. The number of nitrogens with zero attached hydrogens (tertiary/aromatic N) is 3. The smallest absolute Gasteiger partial charge is 0.242 e. The maximum Gasteiger partial charge on any atom is 0.242 e. The molecule has 188 valence electrons. The number of benzene rings is 1. The van der Waals surface area contributed by atoms with E-state index >= 15 is 0 Å². The monoisotopic (exact) mass is 507 g/mol. The molecule has 1 aromatic heterocycles. The Morgan fingerprint density at radius 3 is 2.41 bits per heavy atom. The van der Waals surface area contributed by atoms with E-state index in [2.05, 4.69) is 25.3 Å². The maximum atomic E-state index is 13.5. The first-order valence-electron chi connectivity index (χ1n) is 12.1. The van der Waals surface area contributed by atoms with Crippen molar-refractivity contribution < 1.29 is 9.59 Å². The Morgan fingerprint density at radius 1 is 1.09 bits per heavy atom. The minimum Gasteiger partial charge on any atom is -0.345 e. The lowest BCUT2D eigenvalue weighted by Crippen LogP contribution is -2.48. The van der Waals surface area contributed by atoms with Gasteiger partial charge in [-0.3, -0.25) is 9.59 Å². The summed E-state index contributed by atoms with van der Waals surface area (Å²) in [5, 5.41) is 0.726. The molecule has 2 aromatic rings. The van der Waals surface area contributed by atoms with Crippen LogP contribution in [0.25, 0.3) is 0 Å². The van der Waals surface area contributed by atoms with Gasteiger partial charge in [0, 0.05) is 42.4 Å². The van der Waals surface area contributed by atoms with Crippen LogP contribution >= 0.6 is 23.2 Å². The van der Waals surface area contributed by atoms with E-state index in [-0.39, 0.29) is 24.2 Å². The van der Waals surface area contributed by atoms with E-state index < -0.39 is 5.41 Å². The lowest BCUT2D eigenvalue weighted by Gasteiger charge is -2.33. The number of hydrogen-bond acceptors (Lipinski definition) is 2. The van der Waals surface area contributed by atoms with Gasteiger partial charge in [-0.25, -0.2) is 0 Å². The summed E-state index contributed by atoms with van der Waals surface area (Å²) < 4.78 is 2.12. The van der Waals surface area contributed by atoms with Crippen LogP contribution in [0, 0.1) is 11.3 Å². The number of unbranched alkanes of at least 4 members (excludes halogenated alkanes) is 1. The molecule has 1 aromatic carbocycles. The number of carbonyl (C=O) groups is 2. The molecule has 2 amide bonds. The quantitative estimate of drug-likeness (QED) is 0.309. The van der Waals surface area contributed by atoms with Crippen LogP contribution in [0.4, 0.5) is 0 Å². The van der Waals surface area contributed by atoms with Crippen LogP contribution in [0.5, 0.6) is 0 Å².